The van der Waals surface area contributed by atoms with E-state index in [0.29, 0.717) is 18.3 Å². The summed E-state index contributed by atoms with van der Waals surface area (Å²) in [5.41, 5.74) is 1.82. The summed E-state index contributed by atoms with van der Waals surface area (Å²) in [4.78, 5) is 4.55. The van der Waals surface area contributed by atoms with Gasteiger partial charge < -0.3 is 14.5 Å². The number of benzene rings is 2. The van der Waals surface area contributed by atoms with Gasteiger partial charge in [-0.2, -0.15) is 13.2 Å². The molecule has 2 atom stereocenters. The molecule has 0 N–H and O–H groups in total. The summed E-state index contributed by atoms with van der Waals surface area (Å²) in [6.45, 7) is 5.73. The fourth-order valence-electron chi connectivity index (χ4n) is 4.20. The first-order valence-electron chi connectivity index (χ1n) is 10.6. The lowest BCUT2D eigenvalue weighted by Crippen LogP contribution is -2.42. The number of ether oxygens (including phenoxy) is 1. The maximum atomic E-state index is 12.8. The number of hydrogen-bond donors (Lipinski definition) is 0. The highest BCUT2D eigenvalue weighted by Crippen LogP contribution is 2.35. The zero-order valence-electron chi connectivity index (χ0n) is 18.0. The van der Waals surface area contributed by atoms with Crippen molar-refractivity contribution in [2.45, 2.75) is 31.9 Å². The Bertz CT molecular complexity index is 788. The van der Waals surface area contributed by atoms with Crippen molar-refractivity contribution in [2.75, 3.05) is 45.2 Å². The predicted octanol–water partition coefficient (Wildman–Crippen LogP) is 5.67. The van der Waals surface area contributed by atoms with E-state index < -0.39 is 11.7 Å². The molecule has 1 fully saturated rings. The molecule has 0 radical (unpaired) electrons. The Hall–Kier alpha value is -2.21. The van der Waals surface area contributed by atoms with Gasteiger partial charge in [0.25, 0.3) is 0 Å². The van der Waals surface area contributed by atoms with Crippen molar-refractivity contribution in [1.82, 2.24) is 4.90 Å². The summed E-state index contributed by atoms with van der Waals surface area (Å²) >= 11 is 0. The first-order chi connectivity index (χ1) is 14.3. The molecule has 6 heteroatoms. The van der Waals surface area contributed by atoms with Gasteiger partial charge in [0.05, 0.1) is 12.2 Å². The molecule has 2 unspecified atom stereocenters. The zero-order valence-corrected chi connectivity index (χ0v) is 18.0. The highest BCUT2D eigenvalue weighted by Gasteiger charge is 2.32. The number of piperidine rings is 1. The third-order valence-electron chi connectivity index (χ3n) is 5.84. The van der Waals surface area contributed by atoms with Gasteiger partial charge in [0.15, 0.2) is 0 Å². The van der Waals surface area contributed by atoms with E-state index >= 15 is 0 Å². The van der Waals surface area contributed by atoms with Crippen LogP contribution in [0.5, 0.6) is 5.75 Å². The minimum absolute atomic E-state index is 0.290. The van der Waals surface area contributed by atoms with Crippen LogP contribution in [0.1, 0.15) is 36.8 Å². The molecule has 3 nitrogen and oxygen atoms in total. The molecule has 0 bridgehead atoms. The van der Waals surface area contributed by atoms with Gasteiger partial charge in [0.1, 0.15) is 5.75 Å². The van der Waals surface area contributed by atoms with Gasteiger partial charge in [-0.15, -0.1) is 0 Å². The molecule has 1 aliphatic heterocycles. The molecular formula is C24H31F3N2O. The van der Waals surface area contributed by atoms with Crippen LogP contribution in [0.15, 0.2) is 48.5 Å². The highest BCUT2D eigenvalue weighted by atomic mass is 19.4. The number of anilines is 1. The number of likely N-dealkylation sites (tertiary alicyclic amines) is 1. The topological polar surface area (TPSA) is 15.7 Å². The molecule has 1 heterocycles. The lowest BCUT2D eigenvalue weighted by atomic mass is 9.80. The molecule has 3 rings (SSSR count). The van der Waals surface area contributed by atoms with Crippen molar-refractivity contribution in [2.24, 2.45) is 5.92 Å². The minimum atomic E-state index is -4.33. The Morgan fingerprint density at radius 2 is 1.70 bits per heavy atom. The van der Waals surface area contributed by atoms with E-state index in [4.69, 9.17) is 4.74 Å². The molecule has 0 aliphatic carbocycles. The SMILES string of the molecule is CCCN1CCC(c2ccc(N(C)C)cc2)C(COc2ccc(C(F)(F)F)cc2)C1. The van der Waals surface area contributed by atoms with Crippen molar-refractivity contribution in [1.29, 1.82) is 0 Å². The van der Waals surface area contributed by atoms with E-state index in [-0.39, 0.29) is 5.92 Å². The van der Waals surface area contributed by atoms with Crippen LogP contribution in [0.3, 0.4) is 0 Å². The molecule has 0 aromatic heterocycles. The second-order valence-corrected chi connectivity index (χ2v) is 8.27. The summed E-state index contributed by atoms with van der Waals surface area (Å²) in [7, 11) is 4.05. The second kappa shape index (κ2) is 9.73. The smallest absolute Gasteiger partial charge is 0.416 e. The summed E-state index contributed by atoms with van der Waals surface area (Å²) in [6, 6.07) is 13.7. The fraction of sp³-hybridized carbons (Fsp3) is 0.500. The van der Waals surface area contributed by atoms with Gasteiger partial charge in [0.2, 0.25) is 0 Å². The Labute approximate surface area is 177 Å². The third-order valence-corrected chi connectivity index (χ3v) is 5.84. The molecule has 1 aliphatic rings. The molecule has 2 aromatic carbocycles. The Balaban J connectivity index is 1.71. The van der Waals surface area contributed by atoms with Crippen LogP contribution in [0.25, 0.3) is 0 Å². The van der Waals surface area contributed by atoms with E-state index in [1.165, 1.54) is 23.4 Å². The minimum Gasteiger partial charge on any atom is -0.493 e. The monoisotopic (exact) mass is 420 g/mol. The molecule has 0 saturated carbocycles. The van der Waals surface area contributed by atoms with Gasteiger partial charge >= 0.3 is 6.18 Å². The predicted molar refractivity (Wildman–Crippen MR) is 115 cm³/mol. The summed E-state index contributed by atoms with van der Waals surface area (Å²) in [6.07, 6.45) is -2.16. The molecule has 2 aromatic rings. The van der Waals surface area contributed by atoms with E-state index in [2.05, 4.69) is 41.0 Å². The van der Waals surface area contributed by atoms with Crippen LogP contribution in [0, 0.1) is 5.92 Å². The number of rotatable bonds is 7. The summed E-state index contributed by atoms with van der Waals surface area (Å²) < 4.78 is 44.3. The second-order valence-electron chi connectivity index (χ2n) is 8.27. The maximum absolute atomic E-state index is 12.8. The van der Waals surface area contributed by atoms with Crippen molar-refractivity contribution >= 4 is 5.69 Å². The highest BCUT2D eigenvalue weighted by molar-refractivity contribution is 5.46. The van der Waals surface area contributed by atoms with Crippen molar-refractivity contribution in [3.63, 3.8) is 0 Å². The van der Waals surface area contributed by atoms with Crippen molar-refractivity contribution in [3.05, 3.63) is 59.7 Å². The normalized spacial score (nSPS) is 20.2. The number of alkyl halides is 3. The van der Waals surface area contributed by atoms with E-state index in [9.17, 15) is 13.2 Å². The van der Waals surface area contributed by atoms with Crippen LogP contribution in [0.4, 0.5) is 18.9 Å². The quantitative estimate of drug-likeness (QED) is 0.574. The number of hydrogen-bond acceptors (Lipinski definition) is 3. The lowest BCUT2D eigenvalue weighted by molar-refractivity contribution is -0.137. The van der Waals surface area contributed by atoms with E-state index in [1.54, 1.807) is 0 Å². The Morgan fingerprint density at radius 1 is 1.03 bits per heavy atom. The molecule has 164 valence electrons. The first-order valence-corrected chi connectivity index (χ1v) is 10.6. The van der Waals surface area contributed by atoms with Crippen molar-refractivity contribution in [3.8, 4) is 5.75 Å². The largest absolute Gasteiger partial charge is 0.493 e. The maximum Gasteiger partial charge on any atom is 0.416 e. The average Bonchev–Trinajstić information content (AvgIpc) is 2.72. The van der Waals surface area contributed by atoms with Crippen LogP contribution < -0.4 is 9.64 Å². The van der Waals surface area contributed by atoms with Crippen LogP contribution in [-0.4, -0.2) is 45.2 Å². The lowest BCUT2D eigenvalue weighted by Gasteiger charge is -2.38. The molecule has 1 saturated heterocycles. The molecule has 30 heavy (non-hydrogen) atoms. The van der Waals surface area contributed by atoms with Gasteiger partial charge in [-0.25, -0.2) is 0 Å². The standard InChI is InChI=1S/C24H31F3N2O/c1-4-14-29-15-13-23(18-5-9-21(10-6-18)28(2)3)19(16-29)17-30-22-11-7-20(8-12-22)24(25,26)27/h5-12,19,23H,4,13-17H2,1-3H3. The number of halogens is 3. The van der Waals surface area contributed by atoms with Gasteiger partial charge in [0, 0.05) is 32.2 Å². The summed E-state index contributed by atoms with van der Waals surface area (Å²) in [5, 5.41) is 0. The van der Waals surface area contributed by atoms with Crippen LogP contribution >= 0.6 is 0 Å². The third kappa shape index (κ3) is 5.69. The summed E-state index contributed by atoms with van der Waals surface area (Å²) in [5.74, 6) is 1.15. The van der Waals surface area contributed by atoms with E-state index in [1.807, 2.05) is 14.1 Å². The molecule has 0 amide bonds. The van der Waals surface area contributed by atoms with E-state index in [0.717, 1.165) is 44.6 Å². The Kier molecular flexibility index (Phi) is 7.29. The number of nitrogens with zero attached hydrogens (tertiary/aromatic N) is 2. The van der Waals surface area contributed by atoms with Gasteiger partial charge in [-0.3, -0.25) is 0 Å². The van der Waals surface area contributed by atoms with Crippen molar-refractivity contribution < 1.29 is 17.9 Å². The van der Waals surface area contributed by atoms with Gasteiger partial charge in [-0.05, 0) is 73.8 Å². The Morgan fingerprint density at radius 3 is 2.27 bits per heavy atom. The van der Waals surface area contributed by atoms with Gasteiger partial charge in [-0.1, -0.05) is 19.1 Å². The first kappa shape index (κ1) is 22.5. The fourth-order valence-corrected chi connectivity index (χ4v) is 4.20. The zero-order chi connectivity index (χ0) is 21.7. The van der Waals surface area contributed by atoms with Crippen LogP contribution in [0.2, 0.25) is 0 Å². The molecule has 0 spiro atoms. The van der Waals surface area contributed by atoms with Crippen LogP contribution in [-0.2, 0) is 6.18 Å². The molecular weight excluding hydrogens is 389 g/mol. The average molecular weight is 421 g/mol.